The van der Waals surface area contributed by atoms with Gasteiger partial charge in [0.1, 0.15) is 11.6 Å². The average molecular weight is 506 g/mol. The van der Waals surface area contributed by atoms with Crippen LogP contribution in [0.4, 0.5) is 17.6 Å². The summed E-state index contributed by atoms with van der Waals surface area (Å²) in [7, 11) is 0. The molecule has 0 saturated carbocycles. The van der Waals surface area contributed by atoms with Crippen molar-refractivity contribution < 1.29 is 22.3 Å². The second-order valence-corrected chi connectivity index (χ2v) is 6.92. The number of rotatable bonds is 4. The smallest absolute Gasteiger partial charge is 0.406 e. The first-order chi connectivity index (χ1) is 12.3. The quantitative estimate of drug-likeness (QED) is 0.569. The number of halogens is 7. The monoisotopic (exact) mass is 504 g/mol. The van der Waals surface area contributed by atoms with Gasteiger partial charge in [0.2, 0.25) is 0 Å². The number of nitrogens with one attached hydrogen (secondary N) is 1. The molecule has 0 unspecified atom stereocenters. The predicted molar refractivity (Wildman–Crippen MR) is 108 cm³/mol. The number of benzene rings is 2. The molecule has 1 N–H and O–H groups in total. The van der Waals surface area contributed by atoms with E-state index in [0.717, 1.165) is 37.3 Å². The lowest BCUT2D eigenvalue weighted by molar-refractivity contribution is -0.274. The van der Waals surface area contributed by atoms with Crippen molar-refractivity contribution in [2.75, 3.05) is 26.2 Å². The highest BCUT2D eigenvalue weighted by molar-refractivity contribution is 9.10. The molecule has 0 spiro atoms. The van der Waals surface area contributed by atoms with E-state index in [2.05, 4.69) is 30.9 Å². The first kappa shape index (κ1) is 25.0. The Hall–Kier alpha value is -1.06. The fourth-order valence-electron chi connectivity index (χ4n) is 3.14. The van der Waals surface area contributed by atoms with Crippen LogP contribution in [0.2, 0.25) is 0 Å². The van der Waals surface area contributed by atoms with E-state index in [9.17, 15) is 17.6 Å². The fraction of sp³-hybridized carbons (Fsp3) is 0.333. The third-order valence-electron chi connectivity index (χ3n) is 4.15. The standard InChI is InChI=1S/C18H17BrF4N2O.2ClH/c19-14-9-13(10-15(20)11-14)17(25-7-5-24-6-8-25)12-1-3-16(4-2-12)26-18(21,22)23;;/h1-4,9-11,17,24H,5-8H2;2*1H/t17-;;/m0../s1. The minimum Gasteiger partial charge on any atom is -0.406 e. The number of hydrogen-bond donors (Lipinski definition) is 1. The number of alkyl halides is 3. The Morgan fingerprint density at radius 1 is 0.964 bits per heavy atom. The molecule has 0 radical (unpaired) electrons. The topological polar surface area (TPSA) is 24.5 Å². The summed E-state index contributed by atoms with van der Waals surface area (Å²) < 4.78 is 55.5. The summed E-state index contributed by atoms with van der Waals surface area (Å²) in [6.45, 7) is 3.09. The Balaban J connectivity index is 0.00000196. The van der Waals surface area contributed by atoms with Crippen LogP contribution < -0.4 is 10.1 Å². The molecule has 3 nitrogen and oxygen atoms in total. The number of piperazine rings is 1. The Bertz CT molecular complexity index is 736. The lowest BCUT2D eigenvalue weighted by Crippen LogP contribution is -2.45. The van der Waals surface area contributed by atoms with E-state index in [-0.39, 0.29) is 42.4 Å². The van der Waals surface area contributed by atoms with E-state index in [1.165, 1.54) is 24.3 Å². The molecular formula is C18H19BrCl2F4N2O. The molecule has 1 aliphatic rings. The van der Waals surface area contributed by atoms with Gasteiger partial charge in [-0.15, -0.1) is 38.0 Å². The molecule has 1 fully saturated rings. The summed E-state index contributed by atoms with van der Waals surface area (Å²) >= 11 is 3.31. The van der Waals surface area contributed by atoms with E-state index in [4.69, 9.17) is 0 Å². The zero-order chi connectivity index (χ0) is 18.7. The molecule has 0 aromatic heterocycles. The molecule has 2 aromatic rings. The van der Waals surface area contributed by atoms with Crippen LogP contribution in [0.25, 0.3) is 0 Å². The largest absolute Gasteiger partial charge is 0.573 e. The van der Waals surface area contributed by atoms with Crippen LogP contribution in [0.15, 0.2) is 46.9 Å². The van der Waals surface area contributed by atoms with Crippen LogP contribution in [0.1, 0.15) is 17.2 Å². The van der Waals surface area contributed by atoms with Crippen molar-refractivity contribution in [3.63, 3.8) is 0 Å². The molecular weight excluding hydrogens is 487 g/mol. The van der Waals surface area contributed by atoms with E-state index in [0.29, 0.717) is 4.47 Å². The molecule has 28 heavy (non-hydrogen) atoms. The summed E-state index contributed by atoms with van der Waals surface area (Å²) in [5, 5.41) is 3.26. The Labute approximate surface area is 181 Å². The van der Waals surface area contributed by atoms with Crippen LogP contribution in [0.3, 0.4) is 0 Å². The Kier molecular flexibility index (Phi) is 9.49. The Morgan fingerprint density at radius 3 is 2.11 bits per heavy atom. The van der Waals surface area contributed by atoms with E-state index >= 15 is 0 Å². The van der Waals surface area contributed by atoms with E-state index in [1.54, 1.807) is 12.1 Å². The van der Waals surface area contributed by atoms with Crippen LogP contribution in [0, 0.1) is 5.82 Å². The van der Waals surface area contributed by atoms with Crippen molar-refractivity contribution in [1.82, 2.24) is 10.2 Å². The summed E-state index contributed by atoms with van der Waals surface area (Å²) in [6.07, 6.45) is -4.73. The first-order valence-corrected chi connectivity index (χ1v) is 8.87. The van der Waals surface area contributed by atoms with Crippen LogP contribution in [-0.2, 0) is 0 Å². The highest BCUT2D eigenvalue weighted by Gasteiger charge is 2.31. The van der Waals surface area contributed by atoms with Crippen LogP contribution in [-0.4, -0.2) is 37.4 Å². The van der Waals surface area contributed by atoms with Crippen LogP contribution in [0.5, 0.6) is 5.75 Å². The maximum absolute atomic E-state index is 13.9. The minimum absolute atomic E-state index is 0. The van der Waals surface area contributed by atoms with Gasteiger partial charge in [0.15, 0.2) is 0 Å². The molecule has 156 valence electrons. The van der Waals surface area contributed by atoms with Gasteiger partial charge in [0.05, 0.1) is 6.04 Å². The maximum atomic E-state index is 13.9. The van der Waals surface area contributed by atoms with Gasteiger partial charge in [-0.05, 0) is 41.5 Å². The minimum atomic E-state index is -4.73. The fourth-order valence-corrected chi connectivity index (χ4v) is 3.62. The molecule has 0 amide bonds. The maximum Gasteiger partial charge on any atom is 0.573 e. The average Bonchev–Trinajstić information content (AvgIpc) is 2.55. The molecule has 1 aliphatic heterocycles. The molecule has 3 rings (SSSR count). The summed E-state index contributed by atoms with van der Waals surface area (Å²) in [5.41, 5.74) is 1.52. The second-order valence-electron chi connectivity index (χ2n) is 6.01. The summed E-state index contributed by atoms with van der Waals surface area (Å²) in [5.74, 6) is -0.646. The zero-order valence-corrected chi connectivity index (χ0v) is 17.7. The van der Waals surface area contributed by atoms with Crippen molar-refractivity contribution in [1.29, 1.82) is 0 Å². The van der Waals surface area contributed by atoms with Gasteiger partial charge in [-0.2, -0.15) is 0 Å². The highest BCUT2D eigenvalue weighted by atomic mass is 79.9. The van der Waals surface area contributed by atoms with E-state index < -0.39 is 6.36 Å². The molecule has 1 atom stereocenters. The number of nitrogens with zero attached hydrogens (tertiary/aromatic N) is 1. The van der Waals surface area contributed by atoms with Crippen molar-refractivity contribution in [2.45, 2.75) is 12.4 Å². The van der Waals surface area contributed by atoms with Crippen molar-refractivity contribution in [3.05, 3.63) is 63.9 Å². The predicted octanol–water partition coefficient (Wildman–Crippen LogP) is 5.33. The second kappa shape index (κ2) is 10.6. The zero-order valence-electron chi connectivity index (χ0n) is 14.5. The third kappa shape index (κ3) is 6.77. The van der Waals surface area contributed by atoms with Crippen molar-refractivity contribution in [2.24, 2.45) is 0 Å². The third-order valence-corrected chi connectivity index (χ3v) is 4.60. The van der Waals surface area contributed by atoms with E-state index in [1.807, 2.05) is 6.07 Å². The van der Waals surface area contributed by atoms with Crippen molar-refractivity contribution in [3.8, 4) is 5.75 Å². The Morgan fingerprint density at radius 2 is 1.57 bits per heavy atom. The van der Waals surface area contributed by atoms with Gasteiger partial charge < -0.3 is 10.1 Å². The lowest BCUT2D eigenvalue weighted by atomic mass is 9.96. The van der Waals surface area contributed by atoms with Gasteiger partial charge in [-0.3, -0.25) is 4.90 Å². The normalized spacial score (nSPS) is 15.9. The molecule has 2 aromatic carbocycles. The van der Waals surface area contributed by atoms with Gasteiger partial charge in [-0.1, -0.05) is 28.1 Å². The number of ether oxygens (including phenoxy) is 1. The summed E-state index contributed by atoms with van der Waals surface area (Å²) in [6, 6.07) is 10.1. The van der Waals surface area contributed by atoms with Crippen molar-refractivity contribution >= 4 is 40.7 Å². The van der Waals surface area contributed by atoms with Gasteiger partial charge in [0, 0.05) is 30.7 Å². The van der Waals surface area contributed by atoms with Gasteiger partial charge >= 0.3 is 6.36 Å². The lowest BCUT2D eigenvalue weighted by Gasteiger charge is -2.35. The van der Waals surface area contributed by atoms with Gasteiger partial charge in [-0.25, -0.2) is 4.39 Å². The molecule has 0 aliphatic carbocycles. The SMILES string of the molecule is Cl.Cl.Fc1cc(Br)cc([C@H](c2ccc(OC(F)(F)F)cc2)N2CCNCC2)c1. The molecule has 1 heterocycles. The van der Waals surface area contributed by atoms with Crippen LogP contribution >= 0.6 is 40.7 Å². The van der Waals surface area contributed by atoms with Gasteiger partial charge in [0.25, 0.3) is 0 Å². The molecule has 1 saturated heterocycles. The molecule has 10 heteroatoms. The summed E-state index contributed by atoms with van der Waals surface area (Å²) in [4.78, 5) is 2.18. The first-order valence-electron chi connectivity index (χ1n) is 8.08. The molecule has 0 bridgehead atoms. The number of hydrogen-bond acceptors (Lipinski definition) is 3. The highest BCUT2D eigenvalue weighted by Crippen LogP contribution is 2.33.